The Balaban J connectivity index is 2.20. The summed E-state index contributed by atoms with van der Waals surface area (Å²) < 4.78 is 0. The van der Waals surface area contributed by atoms with Gasteiger partial charge in [0.2, 0.25) is 0 Å². The van der Waals surface area contributed by atoms with E-state index in [-0.39, 0.29) is 5.78 Å². The van der Waals surface area contributed by atoms with Crippen LogP contribution in [0.2, 0.25) is 0 Å². The first-order valence-electron chi connectivity index (χ1n) is 5.92. The Hall–Kier alpha value is -0.760. The molecule has 16 heavy (non-hydrogen) atoms. The van der Waals surface area contributed by atoms with Crippen molar-refractivity contribution in [1.82, 2.24) is 0 Å². The van der Waals surface area contributed by atoms with Crippen molar-refractivity contribution in [2.45, 2.75) is 32.1 Å². The van der Waals surface area contributed by atoms with Crippen LogP contribution in [0.15, 0.2) is 24.3 Å². The second-order valence-corrected chi connectivity index (χ2v) is 5.69. The van der Waals surface area contributed by atoms with Gasteiger partial charge in [-0.15, -0.1) is 0 Å². The van der Waals surface area contributed by atoms with E-state index in [4.69, 9.17) is 0 Å². The fraction of sp³-hybridized carbons (Fsp3) is 0.500. The molecule has 1 aliphatic heterocycles. The largest absolute Gasteiger partial charge is 0.300 e. The lowest BCUT2D eigenvalue weighted by atomic mass is 9.88. The van der Waals surface area contributed by atoms with E-state index >= 15 is 0 Å². The topological polar surface area (TPSA) is 17.1 Å². The highest BCUT2D eigenvalue weighted by Gasteiger charge is 2.18. The maximum atomic E-state index is 11.2. The number of benzene rings is 1. The lowest BCUT2D eigenvalue weighted by molar-refractivity contribution is -0.116. The zero-order valence-corrected chi connectivity index (χ0v) is 10.6. The van der Waals surface area contributed by atoms with Gasteiger partial charge in [-0.3, -0.25) is 4.79 Å². The predicted molar refractivity (Wildman–Crippen MR) is 70.1 cm³/mol. The van der Waals surface area contributed by atoms with Crippen LogP contribution in [0, 0.1) is 0 Å². The standard InChI is InChI=1S/C14H18OS/c1-11(15)10-13-4-2-3-5-14(13)12-6-8-16-9-7-12/h2-5,12H,6-10H2,1H3. The van der Waals surface area contributed by atoms with Crippen molar-refractivity contribution in [2.75, 3.05) is 11.5 Å². The zero-order valence-electron chi connectivity index (χ0n) is 9.74. The molecule has 1 fully saturated rings. The number of ketones is 1. The monoisotopic (exact) mass is 234 g/mol. The molecule has 0 N–H and O–H groups in total. The Kier molecular flexibility index (Phi) is 4.05. The number of Topliss-reactive ketones (excluding diaryl/α,β-unsaturated/α-hetero) is 1. The second-order valence-electron chi connectivity index (χ2n) is 4.46. The van der Waals surface area contributed by atoms with Crippen LogP contribution in [0.4, 0.5) is 0 Å². The lowest BCUT2D eigenvalue weighted by Gasteiger charge is -2.23. The lowest BCUT2D eigenvalue weighted by Crippen LogP contribution is -2.11. The van der Waals surface area contributed by atoms with Gasteiger partial charge in [0.25, 0.3) is 0 Å². The van der Waals surface area contributed by atoms with E-state index in [9.17, 15) is 4.79 Å². The van der Waals surface area contributed by atoms with Crippen LogP contribution < -0.4 is 0 Å². The summed E-state index contributed by atoms with van der Waals surface area (Å²) in [6.07, 6.45) is 3.12. The number of rotatable bonds is 3. The van der Waals surface area contributed by atoms with Gasteiger partial charge >= 0.3 is 0 Å². The maximum Gasteiger partial charge on any atom is 0.134 e. The molecule has 1 aromatic rings. The smallest absolute Gasteiger partial charge is 0.134 e. The van der Waals surface area contributed by atoms with Crippen molar-refractivity contribution < 1.29 is 4.79 Å². The summed E-state index contributed by atoms with van der Waals surface area (Å²) in [5, 5.41) is 0. The molecule has 0 spiro atoms. The van der Waals surface area contributed by atoms with Crippen LogP contribution in [0.3, 0.4) is 0 Å². The first-order chi connectivity index (χ1) is 7.77. The minimum Gasteiger partial charge on any atom is -0.300 e. The quantitative estimate of drug-likeness (QED) is 0.797. The van der Waals surface area contributed by atoms with E-state index in [1.807, 2.05) is 17.8 Å². The average Bonchev–Trinajstić information content (AvgIpc) is 2.30. The van der Waals surface area contributed by atoms with Crippen molar-refractivity contribution >= 4 is 17.5 Å². The molecule has 1 saturated heterocycles. The van der Waals surface area contributed by atoms with Crippen LogP contribution in [-0.4, -0.2) is 17.3 Å². The molecule has 0 aromatic heterocycles. The molecule has 0 radical (unpaired) electrons. The summed E-state index contributed by atoms with van der Waals surface area (Å²) in [4.78, 5) is 11.2. The molecule has 0 amide bonds. The van der Waals surface area contributed by atoms with Gasteiger partial charge in [-0.2, -0.15) is 11.8 Å². The van der Waals surface area contributed by atoms with Crippen molar-refractivity contribution in [1.29, 1.82) is 0 Å². The Morgan fingerprint density at radius 2 is 2.00 bits per heavy atom. The summed E-state index contributed by atoms with van der Waals surface area (Å²) in [5.74, 6) is 3.47. The van der Waals surface area contributed by atoms with E-state index in [0.717, 1.165) is 0 Å². The average molecular weight is 234 g/mol. The second kappa shape index (κ2) is 5.53. The molecule has 0 bridgehead atoms. The minimum atomic E-state index is 0.262. The molecular formula is C14H18OS. The van der Waals surface area contributed by atoms with Crippen LogP contribution in [0.5, 0.6) is 0 Å². The Bertz CT molecular complexity index is 367. The number of hydrogen-bond donors (Lipinski definition) is 0. The molecule has 1 nitrogen and oxygen atoms in total. The molecule has 0 unspecified atom stereocenters. The van der Waals surface area contributed by atoms with E-state index in [2.05, 4.69) is 18.2 Å². The summed E-state index contributed by atoms with van der Waals surface area (Å²) in [7, 11) is 0. The van der Waals surface area contributed by atoms with Gasteiger partial charge in [-0.05, 0) is 48.3 Å². The molecule has 0 aliphatic carbocycles. The molecule has 1 aromatic carbocycles. The van der Waals surface area contributed by atoms with Crippen molar-refractivity contribution in [3.63, 3.8) is 0 Å². The molecule has 1 aliphatic rings. The van der Waals surface area contributed by atoms with Gasteiger partial charge < -0.3 is 0 Å². The van der Waals surface area contributed by atoms with E-state index in [1.54, 1.807) is 6.92 Å². The van der Waals surface area contributed by atoms with E-state index < -0.39 is 0 Å². The van der Waals surface area contributed by atoms with Gasteiger partial charge in [0.15, 0.2) is 0 Å². The SMILES string of the molecule is CC(=O)Cc1ccccc1C1CCSCC1. The van der Waals surface area contributed by atoms with Crippen molar-refractivity contribution in [3.05, 3.63) is 35.4 Å². The number of hydrogen-bond acceptors (Lipinski definition) is 2. The third kappa shape index (κ3) is 2.88. The fourth-order valence-electron chi connectivity index (χ4n) is 2.37. The van der Waals surface area contributed by atoms with Crippen molar-refractivity contribution in [3.8, 4) is 0 Å². The Labute approximate surface area is 102 Å². The molecule has 2 heteroatoms. The number of carbonyl (C=O) groups excluding carboxylic acids is 1. The molecule has 0 saturated carbocycles. The van der Waals surface area contributed by atoms with Gasteiger partial charge in [0, 0.05) is 6.42 Å². The molecule has 86 valence electrons. The maximum absolute atomic E-state index is 11.2. The summed E-state index contributed by atoms with van der Waals surface area (Å²) >= 11 is 2.05. The number of thioether (sulfide) groups is 1. The highest BCUT2D eigenvalue weighted by atomic mass is 32.2. The van der Waals surface area contributed by atoms with E-state index in [0.29, 0.717) is 12.3 Å². The van der Waals surface area contributed by atoms with E-state index in [1.165, 1.54) is 35.5 Å². The van der Waals surface area contributed by atoms with Gasteiger partial charge in [0.05, 0.1) is 0 Å². The molecular weight excluding hydrogens is 216 g/mol. The minimum absolute atomic E-state index is 0.262. The summed E-state index contributed by atoms with van der Waals surface area (Å²) in [6.45, 7) is 1.67. The first-order valence-corrected chi connectivity index (χ1v) is 7.08. The first kappa shape index (κ1) is 11.7. The van der Waals surface area contributed by atoms with Gasteiger partial charge in [0.1, 0.15) is 5.78 Å². The molecule has 2 rings (SSSR count). The summed E-state index contributed by atoms with van der Waals surface area (Å²) in [6, 6.07) is 8.46. The molecule has 1 heterocycles. The van der Waals surface area contributed by atoms with Crippen molar-refractivity contribution in [2.24, 2.45) is 0 Å². The Morgan fingerprint density at radius 1 is 1.31 bits per heavy atom. The van der Waals surface area contributed by atoms with Gasteiger partial charge in [-0.25, -0.2) is 0 Å². The van der Waals surface area contributed by atoms with Crippen LogP contribution in [0.25, 0.3) is 0 Å². The summed E-state index contributed by atoms with van der Waals surface area (Å²) in [5.41, 5.74) is 2.66. The molecule has 0 atom stereocenters. The normalized spacial score (nSPS) is 17.3. The van der Waals surface area contributed by atoms with Crippen LogP contribution >= 0.6 is 11.8 Å². The van der Waals surface area contributed by atoms with Crippen LogP contribution in [0.1, 0.15) is 36.8 Å². The zero-order chi connectivity index (χ0) is 11.4. The predicted octanol–water partition coefficient (Wildman–Crippen LogP) is 3.43. The number of carbonyl (C=O) groups is 1. The highest BCUT2D eigenvalue weighted by molar-refractivity contribution is 7.99. The van der Waals surface area contributed by atoms with Gasteiger partial charge in [-0.1, -0.05) is 24.3 Å². The van der Waals surface area contributed by atoms with Crippen LogP contribution in [-0.2, 0) is 11.2 Å². The fourth-order valence-corrected chi connectivity index (χ4v) is 3.48. The third-order valence-corrected chi connectivity index (χ3v) is 4.20. The third-order valence-electron chi connectivity index (χ3n) is 3.16. The Morgan fingerprint density at radius 3 is 2.69 bits per heavy atom. The highest BCUT2D eigenvalue weighted by Crippen LogP contribution is 2.33.